The molecule has 6 rings (SSSR count). The van der Waals surface area contributed by atoms with Crippen LogP contribution in [0.5, 0.6) is 11.5 Å². The van der Waals surface area contributed by atoms with Gasteiger partial charge in [-0.3, -0.25) is 30.2 Å². The average Bonchev–Trinajstić information content (AvgIpc) is 3.12. The number of nitrogens with one attached hydrogen (secondary N) is 3. The molecule has 0 unspecified atom stereocenters. The van der Waals surface area contributed by atoms with Gasteiger partial charge < -0.3 is 31.9 Å². The summed E-state index contributed by atoms with van der Waals surface area (Å²) in [5.74, 6) is -1.19. The van der Waals surface area contributed by atoms with Gasteiger partial charge in [-0.15, -0.1) is 0 Å². The highest BCUT2D eigenvalue weighted by Crippen LogP contribution is 2.39. The predicted molar refractivity (Wildman–Crippen MR) is 221 cm³/mol. The van der Waals surface area contributed by atoms with Crippen LogP contribution in [0, 0.1) is 16.7 Å². The van der Waals surface area contributed by atoms with Crippen molar-refractivity contribution in [3.63, 3.8) is 0 Å². The van der Waals surface area contributed by atoms with Crippen molar-refractivity contribution in [2.45, 2.75) is 68.5 Å². The van der Waals surface area contributed by atoms with Crippen LogP contribution >= 0.6 is 23.4 Å². The number of nitrogens with zero attached hydrogens (tertiary/aromatic N) is 5. The topological polar surface area (TPSA) is 222 Å². The standard InChI is InChI=1S/C40H47ClN10O4S/c1-22(2)27-16-28(31(54)17-30(27)53)37(44)51(36(43)23(3)52)26-10-8-24(9-11-26)19-49-20-25(21-49)38(55)47-29-6-5-7-32(34(29)41)56-39-35(42)48-33(18-46-39)50-14-12-40(4,45)13-15-50/h5-11,16-18,22,25,43-44,53-54H,12-15,19-21,45H2,1-4H3,(H2,42,48)(H,47,55). The van der Waals surface area contributed by atoms with Crippen LogP contribution in [0.1, 0.15) is 63.1 Å². The van der Waals surface area contributed by atoms with Crippen molar-refractivity contribution < 1.29 is 19.8 Å². The Morgan fingerprint density at radius 1 is 1.09 bits per heavy atom. The Morgan fingerprint density at radius 2 is 1.77 bits per heavy atom. The minimum absolute atomic E-state index is 0.0799. The fraction of sp³-hybridized carbons (Fsp3) is 0.350. The Labute approximate surface area is 335 Å². The lowest BCUT2D eigenvalue weighted by atomic mass is 9.91. The van der Waals surface area contributed by atoms with Gasteiger partial charge in [0.15, 0.2) is 17.4 Å². The maximum Gasteiger partial charge on any atom is 0.230 e. The molecule has 0 radical (unpaired) electrons. The van der Waals surface area contributed by atoms with Crippen LogP contribution in [-0.2, 0) is 16.1 Å². The summed E-state index contributed by atoms with van der Waals surface area (Å²) in [4.78, 5) is 40.9. The quantitative estimate of drug-likeness (QED) is 0.0668. The minimum Gasteiger partial charge on any atom is -0.508 e. The third-order valence-electron chi connectivity index (χ3n) is 10.1. The Hall–Kier alpha value is -5.22. The molecule has 56 heavy (non-hydrogen) atoms. The molecule has 9 N–H and O–H groups in total. The summed E-state index contributed by atoms with van der Waals surface area (Å²) in [5.41, 5.74) is 14.8. The first-order valence-corrected chi connectivity index (χ1v) is 19.5. The maximum atomic E-state index is 13.3. The molecule has 3 aromatic carbocycles. The van der Waals surface area contributed by atoms with E-state index < -0.39 is 11.6 Å². The van der Waals surface area contributed by atoms with E-state index in [2.05, 4.69) is 32.0 Å². The molecule has 0 aliphatic carbocycles. The summed E-state index contributed by atoms with van der Waals surface area (Å²) in [6.07, 6.45) is 3.42. The molecule has 294 valence electrons. The number of anilines is 4. The number of amides is 1. The van der Waals surface area contributed by atoms with Gasteiger partial charge in [-0.25, -0.2) is 9.97 Å². The Balaban J connectivity index is 1.05. The molecular formula is C40H47ClN10O4S. The fourth-order valence-electron chi connectivity index (χ4n) is 6.65. The first-order chi connectivity index (χ1) is 26.5. The van der Waals surface area contributed by atoms with Crippen LogP contribution in [0.3, 0.4) is 0 Å². The zero-order valence-electron chi connectivity index (χ0n) is 31.8. The van der Waals surface area contributed by atoms with Crippen LogP contribution in [0.2, 0.25) is 5.02 Å². The average molecular weight is 799 g/mol. The van der Waals surface area contributed by atoms with Gasteiger partial charge in [0, 0.05) is 61.8 Å². The molecule has 0 saturated carbocycles. The molecule has 0 spiro atoms. The monoisotopic (exact) mass is 798 g/mol. The molecular weight excluding hydrogens is 752 g/mol. The number of piperidine rings is 1. The molecule has 14 nitrogen and oxygen atoms in total. The number of rotatable bonds is 11. The van der Waals surface area contributed by atoms with Gasteiger partial charge in [-0.1, -0.05) is 55.4 Å². The number of hydrogen-bond donors (Lipinski definition) is 7. The lowest BCUT2D eigenvalue weighted by Gasteiger charge is -2.38. The predicted octanol–water partition coefficient (Wildman–Crippen LogP) is 6.18. The highest BCUT2D eigenvalue weighted by Gasteiger charge is 2.33. The number of benzene rings is 3. The van der Waals surface area contributed by atoms with E-state index in [-0.39, 0.29) is 46.2 Å². The number of hydrogen-bond acceptors (Lipinski definition) is 13. The fourth-order valence-corrected chi connectivity index (χ4v) is 7.75. The number of carbonyl (C=O) groups is 2. The molecule has 1 amide bonds. The number of halogens is 1. The number of ketones is 1. The van der Waals surface area contributed by atoms with Gasteiger partial charge in [-0.05, 0) is 67.1 Å². The third-order valence-corrected chi connectivity index (χ3v) is 11.7. The molecule has 2 aliphatic heterocycles. The van der Waals surface area contributed by atoms with Crippen LogP contribution in [-0.4, -0.2) is 80.2 Å². The highest BCUT2D eigenvalue weighted by molar-refractivity contribution is 7.99. The van der Waals surface area contributed by atoms with Crippen molar-refractivity contribution in [3.05, 3.63) is 82.5 Å². The SMILES string of the molecule is CC(=O)C(=N)N(C(=N)c1cc(C(C)C)c(O)cc1O)c1ccc(CN2CC(C(=O)Nc3cccc(Sc4ncc(N5CCC(C)(N)CC5)nc4N)c3Cl)C2)cc1. The molecule has 16 heteroatoms. The second-order valence-electron chi connectivity index (χ2n) is 15.0. The molecule has 2 fully saturated rings. The first kappa shape index (κ1) is 40.4. The van der Waals surface area contributed by atoms with E-state index in [1.54, 1.807) is 24.4 Å². The van der Waals surface area contributed by atoms with Gasteiger partial charge in [0.05, 0.1) is 28.4 Å². The second kappa shape index (κ2) is 16.5. The van der Waals surface area contributed by atoms with Gasteiger partial charge in [0.2, 0.25) is 5.91 Å². The smallest absolute Gasteiger partial charge is 0.230 e. The maximum absolute atomic E-state index is 13.3. The molecule has 0 bridgehead atoms. The number of Topliss-reactive ketones (excluding diaryl/α,β-unsaturated/α-hetero) is 1. The zero-order chi connectivity index (χ0) is 40.5. The van der Waals surface area contributed by atoms with Crippen molar-refractivity contribution in [3.8, 4) is 11.5 Å². The van der Waals surface area contributed by atoms with Gasteiger partial charge in [0.25, 0.3) is 0 Å². The number of carbonyl (C=O) groups excluding carboxylic acids is 2. The van der Waals surface area contributed by atoms with Crippen molar-refractivity contribution >= 4 is 69.7 Å². The Morgan fingerprint density at radius 3 is 2.39 bits per heavy atom. The normalized spacial score (nSPS) is 15.7. The number of nitrogen functional groups attached to an aromatic ring is 1. The van der Waals surface area contributed by atoms with Crippen molar-refractivity contribution in [1.82, 2.24) is 14.9 Å². The number of likely N-dealkylation sites (tertiary alicyclic amines) is 1. The van der Waals surface area contributed by atoms with Crippen molar-refractivity contribution in [1.29, 1.82) is 10.8 Å². The van der Waals surface area contributed by atoms with E-state index in [9.17, 15) is 19.8 Å². The van der Waals surface area contributed by atoms with E-state index in [1.165, 1.54) is 30.8 Å². The van der Waals surface area contributed by atoms with Crippen LogP contribution in [0.25, 0.3) is 0 Å². The minimum atomic E-state index is -0.559. The zero-order valence-corrected chi connectivity index (χ0v) is 33.3. The van der Waals surface area contributed by atoms with Crippen LogP contribution in [0.15, 0.2) is 70.7 Å². The number of amidine groups is 2. The summed E-state index contributed by atoms with van der Waals surface area (Å²) in [7, 11) is 0. The van der Waals surface area contributed by atoms with E-state index in [1.807, 2.05) is 38.1 Å². The largest absolute Gasteiger partial charge is 0.508 e. The van der Waals surface area contributed by atoms with E-state index >= 15 is 0 Å². The summed E-state index contributed by atoms with van der Waals surface area (Å²) in [6, 6.07) is 15.2. The van der Waals surface area contributed by atoms with Gasteiger partial charge in [0.1, 0.15) is 28.2 Å². The van der Waals surface area contributed by atoms with E-state index in [0.29, 0.717) is 63.2 Å². The van der Waals surface area contributed by atoms with Crippen LogP contribution < -0.4 is 26.6 Å². The van der Waals surface area contributed by atoms with Crippen LogP contribution in [0.4, 0.5) is 23.0 Å². The number of nitrogens with two attached hydrogens (primary N) is 2. The molecule has 1 aromatic heterocycles. The number of phenols is 2. The molecule has 2 aliphatic rings. The summed E-state index contributed by atoms with van der Waals surface area (Å²) >= 11 is 8.05. The molecule has 2 saturated heterocycles. The van der Waals surface area contributed by atoms with Crippen molar-refractivity contribution in [2.75, 3.05) is 47.0 Å². The molecule has 3 heterocycles. The molecule has 0 atom stereocenters. The number of aromatic hydroxyl groups is 2. The number of aromatic nitrogens is 2. The lowest BCUT2D eigenvalue weighted by molar-refractivity contribution is -0.125. The van der Waals surface area contributed by atoms with Gasteiger partial charge in [-0.2, -0.15) is 0 Å². The second-order valence-corrected chi connectivity index (χ2v) is 16.4. The third kappa shape index (κ3) is 8.91. The molecule has 4 aromatic rings. The van der Waals surface area contributed by atoms with E-state index in [0.717, 1.165) is 36.4 Å². The lowest BCUT2D eigenvalue weighted by Crippen LogP contribution is -2.51. The van der Waals surface area contributed by atoms with E-state index in [4.69, 9.17) is 33.9 Å². The summed E-state index contributed by atoms with van der Waals surface area (Å²) < 4.78 is 0. The van der Waals surface area contributed by atoms with Gasteiger partial charge >= 0.3 is 0 Å². The van der Waals surface area contributed by atoms with Crippen molar-refractivity contribution in [2.24, 2.45) is 11.7 Å². The Kier molecular flexibility index (Phi) is 11.9. The summed E-state index contributed by atoms with van der Waals surface area (Å²) in [5, 5.41) is 42.2. The first-order valence-electron chi connectivity index (χ1n) is 18.3. The Bertz CT molecular complexity index is 2170. The highest BCUT2D eigenvalue weighted by atomic mass is 35.5. The number of phenolic OH excluding ortho intramolecular Hbond substituents is 2. The summed E-state index contributed by atoms with van der Waals surface area (Å²) in [6.45, 7) is 10.2.